The van der Waals surface area contributed by atoms with Gasteiger partial charge in [-0.05, 0) is 89.9 Å². The summed E-state index contributed by atoms with van der Waals surface area (Å²) in [6.45, 7) is 4.58. The fourth-order valence-electron chi connectivity index (χ4n) is 7.20. The van der Waals surface area contributed by atoms with Crippen LogP contribution < -0.4 is 5.32 Å². The molecule has 0 heterocycles. The van der Waals surface area contributed by atoms with Gasteiger partial charge in [0.25, 0.3) is 0 Å². The van der Waals surface area contributed by atoms with Crippen LogP contribution in [0.4, 0.5) is 0 Å². The van der Waals surface area contributed by atoms with E-state index in [0.29, 0.717) is 17.4 Å². The third-order valence-corrected chi connectivity index (χ3v) is 12.4. The lowest BCUT2D eigenvalue weighted by molar-refractivity contribution is -0.870. The molecule has 0 aliphatic rings. The number of phosphoric ester groups is 1. The van der Waals surface area contributed by atoms with Crippen molar-refractivity contribution < 1.29 is 32.9 Å². The number of quaternary nitrogens is 1. The second-order valence-corrected chi connectivity index (χ2v) is 20.7. The van der Waals surface area contributed by atoms with Gasteiger partial charge in [0.2, 0.25) is 5.91 Å². The van der Waals surface area contributed by atoms with Gasteiger partial charge in [0, 0.05) is 6.42 Å². The minimum atomic E-state index is -4.36. The van der Waals surface area contributed by atoms with Gasteiger partial charge >= 0.3 is 7.82 Å². The molecule has 1 amide bonds. The monoisotopic (exact) mass is 968 g/mol. The molecule has 0 radical (unpaired) electrons. The van der Waals surface area contributed by atoms with Crippen LogP contribution in [0.25, 0.3) is 0 Å². The number of carbonyl (C=O) groups excluding carboxylic acids is 1. The first kappa shape index (κ1) is 65.2. The number of unbranched alkanes of at least 4 members (excludes halogenated alkanes) is 19. The fraction of sp³-hybridized carbons (Fsp3) is 0.678. The predicted molar refractivity (Wildman–Crippen MR) is 295 cm³/mol. The molecule has 3 N–H and O–H groups in total. The Morgan fingerprint density at radius 2 is 0.897 bits per heavy atom. The molecule has 8 nitrogen and oxygen atoms in total. The Morgan fingerprint density at radius 3 is 1.34 bits per heavy atom. The van der Waals surface area contributed by atoms with Gasteiger partial charge in [0.15, 0.2) is 0 Å². The molecule has 3 unspecified atom stereocenters. The van der Waals surface area contributed by atoms with Gasteiger partial charge in [-0.15, -0.1) is 0 Å². The Hall–Kier alpha value is -2.84. The number of likely N-dealkylation sites (N-methyl/N-ethyl adjacent to an activating group) is 1. The van der Waals surface area contributed by atoms with Crippen LogP contribution in [0.2, 0.25) is 0 Å². The summed E-state index contributed by atoms with van der Waals surface area (Å²) in [5.41, 5.74) is 0. The molecule has 0 spiro atoms. The number of aliphatic hydroxyl groups excluding tert-OH is 1. The van der Waals surface area contributed by atoms with Gasteiger partial charge in [0.1, 0.15) is 13.2 Å². The molecule has 68 heavy (non-hydrogen) atoms. The maximum absolute atomic E-state index is 12.9. The van der Waals surface area contributed by atoms with E-state index in [2.05, 4.69) is 116 Å². The summed E-state index contributed by atoms with van der Waals surface area (Å²) in [4.78, 5) is 23.2. The first-order valence-corrected chi connectivity index (χ1v) is 28.8. The van der Waals surface area contributed by atoms with Gasteiger partial charge in [-0.2, -0.15) is 0 Å². The van der Waals surface area contributed by atoms with Crippen molar-refractivity contribution in [2.45, 2.75) is 219 Å². The lowest BCUT2D eigenvalue weighted by atomic mass is 10.0. The maximum Gasteiger partial charge on any atom is 0.472 e. The van der Waals surface area contributed by atoms with E-state index in [0.717, 1.165) is 89.9 Å². The van der Waals surface area contributed by atoms with Crippen LogP contribution in [0.15, 0.2) is 109 Å². The Bertz CT molecular complexity index is 1470. The van der Waals surface area contributed by atoms with Crippen LogP contribution in [-0.2, 0) is 18.4 Å². The second kappa shape index (κ2) is 49.2. The summed E-state index contributed by atoms with van der Waals surface area (Å²) in [5, 5.41) is 13.8. The summed E-state index contributed by atoms with van der Waals surface area (Å²) in [6.07, 6.45) is 72.1. The smallest absolute Gasteiger partial charge is 0.387 e. The zero-order valence-electron chi connectivity index (χ0n) is 44.3. The maximum atomic E-state index is 12.9. The first-order valence-electron chi connectivity index (χ1n) is 27.3. The van der Waals surface area contributed by atoms with E-state index in [9.17, 15) is 19.4 Å². The summed E-state index contributed by atoms with van der Waals surface area (Å²) in [7, 11) is 1.53. The van der Waals surface area contributed by atoms with E-state index < -0.39 is 20.0 Å². The van der Waals surface area contributed by atoms with Crippen LogP contribution in [0.5, 0.6) is 0 Å². The van der Waals surface area contributed by atoms with E-state index in [1.165, 1.54) is 96.3 Å². The molecule has 3 atom stereocenters. The average Bonchev–Trinajstić information content (AvgIpc) is 3.30. The van der Waals surface area contributed by atoms with Crippen molar-refractivity contribution in [1.29, 1.82) is 0 Å². The summed E-state index contributed by atoms with van der Waals surface area (Å²) >= 11 is 0. The normalized spacial score (nSPS) is 14.9. The van der Waals surface area contributed by atoms with Crippen molar-refractivity contribution in [3.63, 3.8) is 0 Å². The molecule has 0 bridgehead atoms. The molecule has 0 aliphatic carbocycles. The quantitative estimate of drug-likeness (QED) is 0.0243. The standard InChI is InChI=1S/C59H103N2O6P/c1-6-8-10-12-14-16-18-19-20-21-22-23-24-25-26-27-28-29-30-31-32-33-34-35-36-37-38-39-40-41-43-45-47-49-51-53-59(63)60-57(56-67-68(64,65)66-55-54-61(3,4)5)58(62)52-50-48-46-44-42-17-15-13-11-9-7-2/h8,10-11,13-14,16,19-20,22-23,25-26,28-29,42,44,50,52,57-58,62H,6-7,9,12,15,17-18,21,24,27,30-41,43,45-49,51,53-56H2,1-5H3,(H-,60,63,64,65)/p+1/b10-8-,13-11+,16-14-,20-19-,23-22-,26-25-,29-28-,44-42+,52-50+. The number of rotatable bonds is 48. The van der Waals surface area contributed by atoms with E-state index in [4.69, 9.17) is 9.05 Å². The predicted octanol–water partition coefficient (Wildman–Crippen LogP) is 16.4. The number of carbonyl (C=O) groups is 1. The van der Waals surface area contributed by atoms with Gasteiger partial charge in [-0.3, -0.25) is 13.8 Å². The van der Waals surface area contributed by atoms with Gasteiger partial charge in [-0.1, -0.05) is 220 Å². The van der Waals surface area contributed by atoms with Crippen LogP contribution >= 0.6 is 7.82 Å². The second-order valence-electron chi connectivity index (χ2n) is 19.2. The topological polar surface area (TPSA) is 105 Å². The van der Waals surface area contributed by atoms with Crippen LogP contribution in [0, 0.1) is 0 Å². The molecule has 0 aromatic rings. The highest BCUT2D eigenvalue weighted by atomic mass is 31.2. The lowest BCUT2D eigenvalue weighted by Gasteiger charge is -2.25. The zero-order chi connectivity index (χ0) is 49.9. The van der Waals surface area contributed by atoms with Crippen LogP contribution in [-0.4, -0.2) is 73.4 Å². The molecule has 0 saturated heterocycles. The minimum Gasteiger partial charge on any atom is -0.387 e. The number of hydrogen-bond donors (Lipinski definition) is 3. The third kappa shape index (κ3) is 51.0. The van der Waals surface area contributed by atoms with Crippen molar-refractivity contribution in [1.82, 2.24) is 5.32 Å². The number of hydrogen-bond acceptors (Lipinski definition) is 5. The van der Waals surface area contributed by atoms with E-state index in [1.54, 1.807) is 6.08 Å². The molecule has 0 fully saturated rings. The van der Waals surface area contributed by atoms with Crippen molar-refractivity contribution in [3.8, 4) is 0 Å². The molecule has 0 aliphatic heterocycles. The van der Waals surface area contributed by atoms with E-state index in [1.807, 2.05) is 27.2 Å². The number of allylic oxidation sites excluding steroid dienone is 17. The summed E-state index contributed by atoms with van der Waals surface area (Å²) in [6, 6.07) is -0.873. The molecule has 0 rings (SSSR count). The van der Waals surface area contributed by atoms with E-state index >= 15 is 0 Å². The lowest BCUT2D eigenvalue weighted by Crippen LogP contribution is -2.45. The van der Waals surface area contributed by atoms with Crippen molar-refractivity contribution in [2.75, 3.05) is 40.9 Å². The molecule has 0 aromatic carbocycles. The molecular formula is C59H104N2O6P+. The highest BCUT2D eigenvalue weighted by Crippen LogP contribution is 2.43. The largest absolute Gasteiger partial charge is 0.472 e. The number of amides is 1. The fourth-order valence-corrected chi connectivity index (χ4v) is 7.94. The zero-order valence-corrected chi connectivity index (χ0v) is 45.2. The molecule has 9 heteroatoms. The molecule has 0 aromatic heterocycles. The Labute approximate surface area is 419 Å². The van der Waals surface area contributed by atoms with Crippen LogP contribution in [0.3, 0.4) is 0 Å². The number of phosphoric acid groups is 1. The Kier molecular flexibility index (Phi) is 47.1. The molecule has 390 valence electrons. The van der Waals surface area contributed by atoms with Gasteiger partial charge in [0.05, 0.1) is 39.9 Å². The van der Waals surface area contributed by atoms with Crippen molar-refractivity contribution in [2.24, 2.45) is 0 Å². The van der Waals surface area contributed by atoms with Crippen molar-refractivity contribution >= 4 is 13.7 Å². The summed E-state index contributed by atoms with van der Waals surface area (Å²) in [5.74, 6) is -0.197. The van der Waals surface area contributed by atoms with Gasteiger partial charge < -0.3 is 19.8 Å². The summed E-state index contributed by atoms with van der Waals surface area (Å²) < 4.78 is 23.6. The Balaban J connectivity index is 4.04. The molecular weight excluding hydrogens is 864 g/mol. The Morgan fingerprint density at radius 1 is 0.515 bits per heavy atom. The van der Waals surface area contributed by atoms with E-state index in [-0.39, 0.29) is 19.1 Å². The van der Waals surface area contributed by atoms with Gasteiger partial charge in [-0.25, -0.2) is 4.57 Å². The minimum absolute atomic E-state index is 0.0494. The van der Waals surface area contributed by atoms with Crippen molar-refractivity contribution in [3.05, 3.63) is 109 Å². The first-order chi connectivity index (χ1) is 33.0. The third-order valence-electron chi connectivity index (χ3n) is 11.4. The highest BCUT2D eigenvalue weighted by Gasteiger charge is 2.27. The number of aliphatic hydroxyl groups is 1. The number of nitrogens with zero attached hydrogens (tertiary/aromatic N) is 1. The SMILES string of the molecule is CC/C=C\C/C=C\C/C=C\C/C=C\C/C=C\C/C=C\CCCCCCCCCCCCCCCCCCC(=O)NC(COP(=O)(O)OCC[N+](C)(C)C)C(O)/C=C/CC/C=C/CC/C=C/CCC. The average molecular weight is 968 g/mol. The van der Waals surface area contributed by atoms with Crippen LogP contribution in [0.1, 0.15) is 206 Å². The highest BCUT2D eigenvalue weighted by molar-refractivity contribution is 7.47. The number of nitrogens with one attached hydrogen (secondary N) is 1. The molecule has 0 saturated carbocycles.